The molecule has 1 heteroatoms. The average molecular weight is 628 g/mol. The quantitative estimate of drug-likeness (QED) is 0.304. The van der Waals surface area contributed by atoms with Gasteiger partial charge in [-0.05, 0) is 137 Å². The minimum atomic E-state index is -0.147. The molecule has 0 radical (unpaired) electrons. The van der Waals surface area contributed by atoms with E-state index in [0.717, 1.165) is 51.4 Å². The molecule has 6 aliphatic rings. The summed E-state index contributed by atoms with van der Waals surface area (Å²) < 4.78 is 0. The van der Waals surface area contributed by atoms with Gasteiger partial charge < -0.3 is 5.73 Å². The number of benzene rings is 2. The second kappa shape index (κ2) is 13.0. The summed E-state index contributed by atoms with van der Waals surface area (Å²) in [5.41, 5.74) is 25.7. The van der Waals surface area contributed by atoms with E-state index in [0.29, 0.717) is 5.92 Å². The molecule has 0 fully saturated rings. The van der Waals surface area contributed by atoms with Crippen LogP contribution in [0.3, 0.4) is 0 Å². The molecule has 2 aromatic carbocycles. The van der Waals surface area contributed by atoms with Crippen molar-refractivity contribution in [3.63, 3.8) is 0 Å². The lowest BCUT2D eigenvalue weighted by Gasteiger charge is -2.30. The van der Waals surface area contributed by atoms with Crippen molar-refractivity contribution in [3.8, 4) is 0 Å². The Balaban J connectivity index is 1.11. The van der Waals surface area contributed by atoms with Crippen LogP contribution in [0.25, 0.3) is 17.7 Å². The predicted octanol–water partition coefficient (Wildman–Crippen LogP) is 12.2. The molecule has 0 saturated carbocycles. The predicted molar refractivity (Wildman–Crippen MR) is 205 cm³/mol. The van der Waals surface area contributed by atoms with Gasteiger partial charge in [0.2, 0.25) is 0 Å². The minimum absolute atomic E-state index is 0.0838. The van der Waals surface area contributed by atoms with Gasteiger partial charge in [0.25, 0.3) is 0 Å². The Labute approximate surface area is 288 Å². The highest BCUT2D eigenvalue weighted by Crippen LogP contribution is 2.57. The summed E-state index contributed by atoms with van der Waals surface area (Å²) in [6.07, 6.45) is 41.9. The van der Waals surface area contributed by atoms with E-state index in [4.69, 9.17) is 5.73 Å². The van der Waals surface area contributed by atoms with E-state index in [2.05, 4.69) is 129 Å². The molecule has 0 aliphatic heterocycles. The molecule has 2 unspecified atom stereocenters. The van der Waals surface area contributed by atoms with E-state index in [1.165, 1.54) is 62.9 Å². The lowest BCUT2D eigenvalue weighted by Crippen LogP contribution is -2.16. The molecule has 0 spiro atoms. The molecule has 0 saturated heterocycles. The second-order valence-corrected chi connectivity index (χ2v) is 14.9. The zero-order valence-corrected chi connectivity index (χ0v) is 28.8. The van der Waals surface area contributed by atoms with Crippen molar-refractivity contribution in [2.45, 2.75) is 90.0 Å². The maximum atomic E-state index is 6.89. The number of hydrogen-bond donors (Lipinski definition) is 1. The summed E-state index contributed by atoms with van der Waals surface area (Å²) in [6, 6.07) is 13.6. The zero-order chi connectivity index (χ0) is 32.7. The molecular weight excluding hydrogens is 579 g/mol. The van der Waals surface area contributed by atoms with Gasteiger partial charge in [0.1, 0.15) is 0 Å². The van der Waals surface area contributed by atoms with Crippen LogP contribution in [-0.4, -0.2) is 0 Å². The standard InChI is InChI=1S/C47H49N/c1-47(2)43-21-11-10-19-42(43)46-41(20-12-22-44(46)47)40-30-29-35(38-17-8-9-18-39(38)40)25-28-37(33-15-6-7-16-33)31-45(48)36-26-23-34(24-27-36)32-13-4-3-5-14-32/h3-4,9,11-13,15,18,21-31,41,45H,5-8,10,14,16-17,19-20,48H2,1-2H3/b28-25+,37-31+. The van der Waals surface area contributed by atoms with E-state index in [1.54, 1.807) is 22.3 Å². The summed E-state index contributed by atoms with van der Waals surface area (Å²) in [4.78, 5) is 0. The maximum absolute atomic E-state index is 6.89. The zero-order valence-electron chi connectivity index (χ0n) is 28.8. The van der Waals surface area contributed by atoms with Gasteiger partial charge in [-0.25, -0.2) is 0 Å². The average Bonchev–Trinajstić information content (AvgIpc) is 3.76. The van der Waals surface area contributed by atoms with Crippen LogP contribution >= 0.6 is 0 Å². The van der Waals surface area contributed by atoms with E-state index >= 15 is 0 Å². The lowest BCUT2D eigenvalue weighted by molar-refractivity contribution is 0.566. The molecule has 1 nitrogen and oxygen atoms in total. The minimum Gasteiger partial charge on any atom is -0.321 e. The summed E-state index contributed by atoms with van der Waals surface area (Å²) in [6.45, 7) is 4.85. The van der Waals surface area contributed by atoms with Crippen molar-refractivity contribution < 1.29 is 0 Å². The van der Waals surface area contributed by atoms with Crippen molar-refractivity contribution in [1.82, 2.24) is 0 Å². The van der Waals surface area contributed by atoms with E-state index in [1.807, 2.05) is 0 Å². The van der Waals surface area contributed by atoms with Gasteiger partial charge in [0.15, 0.2) is 0 Å². The van der Waals surface area contributed by atoms with Crippen LogP contribution in [0, 0.1) is 5.41 Å². The van der Waals surface area contributed by atoms with Crippen LogP contribution in [0.4, 0.5) is 0 Å². The normalized spacial score (nSPS) is 23.4. The maximum Gasteiger partial charge on any atom is 0.0490 e. The molecule has 0 heterocycles. The van der Waals surface area contributed by atoms with Gasteiger partial charge in [-0.3, -0.25) is 0 Å². The molecule has 242 valence electrons. The number of fused-ring (bicyclic) bond motifs is 2. The Bertz CT molecular complexity index is 1940. The van der Waals surface area contributed by atoms with Crippen LogP contribution in [0.15, 0.2) is 137 Å². The van der Waals surface area contributed by atoms with E-state index in [-0.39, 0.29) is 11.5 Å². The second-order valence-electron chi connectivity index (χ2n) is 14.9. The molecular formula is C47H49N. The third-order valence-corrected chi connectivity index (χ3v) is 11.7. The number of allylic oxidation sites excluding steroid dienone is 17. The number of nitrogens with two attached hydrogens (primary N) is 1. The van der Waals surface area contributed by atoms with E-state index in [9.17, 15) is 0 Å². The molecule has 48 heavy (non-hydrogen) atoms. The van der Waals surface area contributed by atoms with Crippen LogP contribution in [0.5, 0.6) is 0 Å². The topological polar surface area (TPSA) is 26.0 Å². The fourth-order valence-corrected chi connectivity index (χ4v) is 9.09. The van der Waals surface area contributed by atoms with Crippen LogP contribution in [0.1, 0.15) is 117 Å². The smallest absolute Gasteiger partial charge is 0.0490 e. The SMILES string of the molecule is CC1(C)C2=C(CCC=C2)C2=C1C=CCC2c1ccc(/C=C/C(=C\C(N)c2ccc(C3=CC=CCC3)cc2)C2=CCCC2)c2c1C=CCC2. The molecule has 2 atom stereocenters. The lowest BCUT2D eigenvalue weighted by atomic mass is 9.73. The van der Waals surface area contributed by atoms with Crippen LogP contribution in [0.2, 0.25) is 0 Å². The highest BCUT2D eigenvalue weighted by Gasteiger charge is 2.42. The van der Waals surface area contributed by atoms with Gasteiger partial charge >= 0.3 is 0 Å². The Morgan fingerprint density at radius 2 is 1.65 bits per heavy atom. The van der Waals surface area contributed by atoms with Crippen molar-refractivity contribution in [3.05, 3.63) is 170 Å². The summed E-state index contributed by atoms with van der Waals surface area (Å²) in [5, 5.41) is 0. The molecule has 2 aromatic rings. The van der Waals surface area contributed by atoms with Crippen molar-refractivity contribution in [2.24, 2.45) is 11.1 Å². The van der Waals surface area contributed by atoms with Crippen LogP contribution < -0.4 is 5.73 Å². The largest absolute Gasteiger partial charge is 0.321 e. The van der Waals surface area contributed by atoms with Crippen molar-refractivity contribution in [2.75, 3.05) is 0 Å². The van der Waals surface area contributed by atoms with Gasteiger partial charge in [-0.1, -0.05) is 129 Å². The number of rotatable bonds is 7. The van der Waals surface area contributed by atoms with Gasteiger partial charge in [-0.15, -0.1) is 0 Å². The molecule has 0 aromatic heterocycles. The van der Waals surface area contributed by atoms with Gasteiger partial charge in [0.05, 0.1) is 0 Å². The van der Waals surface area contributed by atoms with E-state index < -0.39 is 0 Å². The Kier molecular flexibility index (Phi) is 8.43. The summed E-state index contributed by atoms with van der Waals surface area (Å²) in [5.74, 6) is 0.423. The molecule has 2 N–H and O–H groups in total. The monoisotopic (exact) mass is 627 g/mol. The Hall–Kier alpha value is -4.20. The van der Waals surface area contributed by atoms with Gasteiger partial charge in [0, 0.05) is 17.4 Å². The third-order valence-electron chi connectivity index (χ3n) is 11.7. The molecule has 0 bridgehead atoms. The molecule has 8 rings (SSSR count). The van der Waals surface area contributed by atoms with Crippen LogP contribution in [-0.2, 0) is 6.42 Å². The fourth-order valence-electron chi connectivity index (χ4n) is 9.09. The van der Waals surface area contributed by atoms with Crippen molar-refractivity contribution >= 4 is 17.7 Å². The van der Waals surface area contributed by atoms with Gasteiger partial charge in [-0.2, -0.15) is 0 Å². The molecule has 0 amide bonds. The first-order chi connectivity index (χ1) is 23.5. The van der Waals surface area contributed by atoms with Crippen molar-refractivity contribution in [1.29, 1.82) is 0 Å². The third kappa shape index (κ3) is 5.67. The number of hydrogen-bond acceptors (Lipinski definition) is 1. The first-order valence-corrected chi connectivity index (χ1v) is 18.4. The first-order valence-electron chi connectivity index (χ1n) is 18.4. The first kappa shape index (κ1) is 31.1. The molecule has 6 aliphatic carbocycles. The highest BCUT2D eigenvalue weighted by molar-refractivity contribution is 5.73. The fraction of sp³-hybridized carbons (Fsp3) is 0.319. The summed E-state index contributed by atoms with van der Waals surface area (Å²) >= 11 is 0. The Morgan fingerprint density at radius 3 is 2.46 bits per heavy atom. The Morgan fingerprint density at radius 1 is 0.833 bits per heavy atom. The summed E-state index contributed by atoms with van der Waals surface area (Å²) in [7, 11) is 0. The highest BCUT2D eigenvalue weighted by atomic mass is 14.6.